The van der Waals surface area contributed by atoms with Crippen LogP contribution in [-0.4, -0.2) is 34.7 Å². The Morgan fingerprint density at radius 2 is 0.700 bits per heavy atom. The van der Waals surface area contributed by atoms with Crippen molar-refractivity contribution in [3.05, 3.63) is 0 Å². The maximum atomic E-state index is 8.24. The first-order chi connectivity index (χ1) is 4.24. The molecule has 0 aromatic carbocycles. The minimum absolute atomic E-state index is 0. The van der Waals surface area contributed by atoms with E-state index in [9.17, 15) is 0 Å². The molecule has 0 fully saturated rings. The van der Waals surface area contributed by atoms with E-state index in [0.29, 0.717) is 19.4 Å². The molecule has 0 saturated heterocycles. The van der Waals surface area contributed by atoms with Gasteiger partial charge in [0.2, 0.25) is 0 Å². The Bertz CT molecular complexity index is 49.7. The summed E-state index contributed by atoms with van der Waals surface area (Å²) in [5, 5.41) is 20.3. The molecule has 0 rings (SSSR count). The largest absolute Gasteiger partial charge is 3.00 e. The summed E-state index contributed by atoms with van der Waals surface area (Å²) >= 11 is 0. The van der Waals surface area contributed by atoms with Crippen molar-refractivity contribution in [3.8, 4) is 0 Å². The first-order valence-electron chi connectivity index (χ1n) is 1.28. The number of aliphatic hydroxyl groups excluding tert-OH is 3. The predicted octanol–water partition coefficient (Wildman–Crippen LogP) is -1.17. The summed E-state index contributed by atoms with van der Waals surface area (Å²) in [6.07, 6.45) is 0. The Hall–Kier alpha value is -0.941. The molecule has 3 N–H and O–H groups in total. The quantitative estimate of drug-likeness (QED) is 0.484. The summed E-state index contributed by atoms with van der Waals surface area (Å²) in [6.45, 7) is 1.50. The van der Waals surface area contributed by atoms with Gasteiger partial charge >= 0.3 is 20.1 Å². The van der Waals surface area contributed by atoms with Gasteiger partial charge in [-0.15, -0.1) is 0 Å². The van der Waals surface area contributed by atoms with E-state index in [4.69, 9.17) is 29.7 Å². The normalized spacial score (nSPS) is 3.60. The topological polar surface area (TPSA) is 112 Å². The molecule has 10 heavy (non-hydrogen) atoms. The van der Waals surface area contributed by atoms with Crippen LogP contribution in [0.25, 0.3) is 0 Å². The van der Waals surface area contributed by atoms with Crippen LogP contribution in [0.1, 0.15) is 0 Å². The van der Waals surface area contributed by atoms with Gasteiger partial charge in [-0.1, -0.05) is 19.4 Å². The van der Waals surface area contributed by atoms with E-state index in [1.54, 1.807) is 0 Å². The Morgan fingerprint density at radius 1 is 0.700 bits per heavy atom. The van der Waals surface area contributed by atoms with Crippen LogP contribution in [0.3, 0.4) is 0 Å². The molecule has 60 valence electrons. The van der Waals surface area contributed by atoms with Crippen molar-refractivity contribution < 1.29 is 49.8 Å². The minimum Gasteiger partial charge on any atom is -0.665 e. The van der Waals surface area contributed by atoms with E-state index in [2.05, 4.69) is 0 Å². The maximum absolute atomic E-state index is 8.24. The fraction of sp³-hybridized carbons (Fsp3) is 0. The van der Waals surface area contributed by atoms with Gasteiger partial charge in [0, 0.05) is 0 Å². The van der Waals surface area contributed by atoms with Crippen LogP contribution in [-0.2, 0) is 34.5 Å². The average Bonchev–Trinajstić information content (AvgIpc) is 1.70. The van der Waals surface area contributed by atoms with Gasteiger partial charge in [-0.2, -0.15) is 0 Å². The Morgan fingerprint density at radius 3 is 0.700 bits per heavy atom. The Balaban J connectivity index is -0.0000000257. The zero-order valence-corrected chi connectivity index (χ0v) is 6.79. The molecular weight excluding hydrogens is 324 g/mol. The van der Waals surface area contributed by atoms with Gasteiger partial charge < -0.3 is 29.7 Å². The Labute approximate surface area is 69.8 Å². The molecular formula is C3H3IrO6. The first kappa shape index (κ1) is 23.0. The van der Waals surface area contributed by atoms with Gasteiger partial charge in [0.15, 0.2) is 0 Å². The van der Waals surface area contributed by atoms with Crippen molar-refractivity contribution in [2.75, 3.05) is 0 Å². The third-order valence-corrected chi connectivity index (χ3v) is 0. The Kier molecular flexibility index (Phi) is 218. The molecule has 0 spiro atoms. The molecule has 0 aromatic rings. The first-order valence-corrected chi connectivity index (χ1v) is 1.28. The minimum atomic E-state index is 0. The molecule has 0 aromatic heterocycles. The molecule has 0 amide bonds. The molecule has 0 bridgehead atoms. The van der Waals surface area contributed by atoms with Crippen LogP contribution in [0, 0.1) is 0 Å². The number of rotatable bonds is 0. The molecule has 0 radical (unpaired) electrons. The van der Waals surface area contributed by atoms with E-state index < -0.39 is 0 Å². The molecule has 0 aliphatic heterocycles. The van der Waals surface area contributed by atoms with Crippen molar-refractivity contribution in [3.63, 3.8) is 0 Å². The molecule has 0 saturated carbocycles. The fourth-order valence-electron chi connectivity index (χ4n) is 0. The van der Waals surface area contributed by atoms with Crippen molar-refractivity contribution in [1.82, 2.24) is 0 Å². The summed E-state index contributed by atoms with van der Waals surface area (Å²) < 4.78 is 0. The summed E-state index contributed by atoms with van der Waals surface area (Å²) in [5.74, 6) is 0. The monoisotopic (exact) mass is 328 g/mol. The molecule has 0 unspecified atom stereocenters. The predicted molar refractivity (Wildman–Crippen MR) is 25.0 cm³/mol. The van der Waals surface area contributed by atoms with Crippen LogP contribution in [0.2, 0.25) is 0 Å². The fourth-order valence-corrected chi connectivity index (χ4v) is 0. The second-order valence-corrected chi connectivity index (χ2v) is 0.274. The molecule has 0 aliphatic rings. The third kappa shape index (κ3) is 293. The van der Waals surface area contributed by atoms with E-state index in [1.165, 1.54) is 0 Å². The molecule has 7 heteroatoms. The van der Waals surface area contributed by atoms with Crippen LogP contribution in [0.4, 0.5) is 0 Å². The molecule has 0 heterocycles. The van der Waals surface area contributed by atoms with Crippen LogP contribution in [0.5, 0.6) is 0 Å². The smallest absolute Gasteiger partial charge is 0.665 e. The number of hydrogen-bond donors (Lipinski definition) is 3. The van der Waals surface area contributed by atoms with Crippen LogP contribution < -0.4 is 0 Å². The van der Waals surface area contributed by atoms with Crippen molar-refractivity contribution in [2.45, 2.75) is 0 Å². The summed E-state index contributed by atoms with van der Waals surface area (Å²) in [5.41, 5.74) is 0. The zero-order chi connectivity index (χ0) is 8.12. The van der Waals surface area contributed by atoms with Gasteiger partial charge in [-0.25, -0.2) is 0 Å². The average molecular weight is 327 g/mol. The van der Waals surface area contributed by atoms with E-state index in [0.717, 1.165) is 0 Å². The van der Waals surface area contributed by atoms with Gasteiger partial charge in [0.05, 0.1) is 0 Å². The van der Waals surface area contributed by atoms with Crippen LogP contribution >= 0.6 is 0 Å². The summed E-state index contributed by atoms with van der Waals surface area (Å²) in [7, 11) is 0. The van der Waals surface area contributed by atoms with Crippen molar-refractivity contribution in [2.24, 2.45) is 0 Å². The second-order valence-electron chi connectivity index (χ2n) is 0.274. The molecule has 0 atom stereocenters. The zero-order valence-electron chi connectivity index (χ0n) is 4.40. The van der Waals surface area contributed by atoms with Crippen molar-refractivity contribution in [1.29, 1.82) is 0 Å². The van der Waals surface area contributed by atoms with Crippen LogP contribution in [0.15, 0.2) is 0 Å². The molecule has 6 nitrogen and oxygen atoms in total. The standard InChI is InChI=1S/3CHO2.Ir/c3*2-1-3;/h3*(H,2,3);/q3*-1;+3. The third-order valence-electron chi connectivity index (χ3n) is 0. The molecule has 0 aliphatic carbocycles. The van der Waals surface area contributed by atoms with Gasteiger partial charge in [-0.05, 0) is 0 Å². The SMILES string of the molecule is O=[C-]O.O=[C-]O.O=[C-]O.[Ir+3]. The van der Waals surface area contributed by atoms with Gasteiger partial charge in [-0.3, -0.25) is 0 Å². The van der Waals surface area contributed by atoms with E-state index >= 15 is 0 Å². The summed E-state index contributed by atoms with van der Waals surface area (Å²) in [6, 6.07) is 0. The summed E-state index contributed by atoms with van der Waals surface area (Å²) in [4.78, 5) is 24.7. The van der Waals surface area contributed by atoms with Crippen molar-refractivity contribution >= 4 is 19.4 Å². The van der Waals surface area contributed by atoms with Gasteiger partial charge in [0.1, 0.15) is 0 Å². The second kappa shape index (κ2) is 94.7. The number of hydrogen-bond acceptors (Lipinski definition) is 3. The van der Waals surface area contributed by atoms with Gasteiger partial charge in [0.25, 0.3) is 0 Å². The van der Waals surface area contributed by atoms with E-state index in [1.807, 2.05) is 0 Å². The maximum Gasteiger partial charge on any atom is 3.00 e. The van der Waals surface area contributed by atoms with E-state index in [-0.39, 0.29) is 20.1 Å².